The Morgan fingerprint density at radius 1 is 1.16 bits per heavy atom. The fraction of sp³-hybridized carbons (Fsp3) is 0.727. The van der Waals surface area contributed by atoms with Crippen LogP contribution in [-0.4, -0.2) is 63.3 Å². The van der Waals surface area contributed by atoms with Crippen LogP contribution in [-0.2, 0) is 19.2 Å². The van der Waals surface area contributed by atoms with Gasteiger partial charge < -0.3 is 31.7 Å². The second-order valence-corrected chi connectivity index (χ2v) is 9.56. The Bertz CT molecular complexity index is 759. The van der Waals surface area contributed by atoms with Crippen molar-refractivity contribution in [2.45, 2.75) is 89.5 Å². The van der Waals surface area contributed by atoms with Gasteiger partial charge >= 0.3 is 5.97 Å². The molecule has 0 spiro atoms. The van der Waals surface area contributed by atoms with Crippen molar-refractivity contribution in [1.29, 1.82) is 0 Å². The highest BCUT2D eigenvalue weighted by Crippen LogP contribution is 2.44. The largest absolute Gasteiger partial charge is 0.481 e. The molecule has 2 aliphatic carbocycles. The number of aliphatic carboxylic acids is 1. The molecule has 0 aromatic rings. The first-order chi connectivity index (χ1) is 14.9. The van der Waals surface area contributed by atoms with Gasteiger partial charge in [-0.05, 0) is 30.6 Å². The molecule has 180 valence electrons. The number of carbonyl (C=O) groups is 4. The monoisotopic (exact) mass is 453 g/mol. The number of aliphatic hydroxyl groups excluding tert-OH is 2. The van der Waals surface area contributed by atoms with Crippen LogP contribution in [0, 0.1) is 11.3 Å². The maximum Gasteiger partial charge on any atom is 0.303 e. The number of amides is 3. The number of nitrogens with one attached hydrogen (secondary N) is 2. The Morgan fingerprint density at radius 2 is 1.78 bits per heavy atom. The fourth-order valence-electron chi connectivity index (χ4n) is 4.67. The highest BCUT2D eigenvalue weighted by molar-refractivity contribution is 5.97. The second-order valence-electron chi connectivity index (χ2n) is 9.56. The van der Waals surface area contributed by atoms with Gasteiger partial charge in [0.2, 0.25) is 17.7 Å². The van der Waals surface area contributed by atoms with Crippen molar-refractivity contribution in [3.63, 3.8) is 0 Å². The van der Waals surface area contributed by atoms with E-state index in [2.05, 4.69) is 10.6 Å². The van der Waals surface area contributed by atoms with Crippen LogP contribution in [0.1, 0.15) is 65.2 Å². The SMILES string of the molecule is CC(C)CC(NC(=O)C1=CC(NC(=O)CC2(CC(=O)O)CCCC2)C(O)C(O)C1)C(N)=O. The minimum Gasteiger partial charge on any atom is -0.481 e. The minimum absolute atomic E-state index is 0.00781. The zero-order valence-electron chi connectivity index (χ0n) is 18.7. The number of hydrogen-bond acceptors (Lipinski definition) is 6. The molecule has 32 heavy (non-hydrogen) atoms. The van der Waals surface area contributed by atoms with Gasteiger partial charge in [0.15, 0.2) is 0 Å². The smallest absolute Gasteiger partial charge is 0.303 e. The molecular formula is C22H35N3O7. The molecule has 0 saturated heterocycles. The number of primary amides is 1. The van der Waals surface area contributed by atoms with Crippen molar-refractivity contribution in [2.24, 2.45) is 17.1 Å². The van der Waals surface area contributed by atoms with Crippen LogP contribution in [0.15, 0.2) is 11.6 Å². The van der Waals surface area contributed by atoms with Gasteiger partial charge in [-0.3, -0.25) is 19.2 Å². The molecule has 2 aliphatic rings. The van der Waals surface area contributed by atoms with E-state index in [-0.39, 0.29) is 30.8 Å². The Hall–Kier alpha value is -2.46. The quantitative estimate of drug-likeness (QED) is 0.268. The highest BCUT2D eigenvalue weighted by Gasteiger charge is 2.40. The molecule has 7 N–H and O–H groups in total. The molecule has 0 aliphatic heterocycles. The van der Waals surface area contributed by atoms with Crippen LogP contribution < -0.4 is 16.4 Å². The summed E-state index contributed by atoms with van der Waals surface area (Å²) in [5.41, 5.74) is 4.88. The number of carbonyl (C=O) groups excluding carboxylic acids is 3. The number of aliphatic hydroxyl groups is 2. The van der Waals surface area contributed by atoms with Gasteiger partial charge in [0, 0.05) is 18.4 Å². The van der Waals surface area contributed by atoms with Gasteiger partial charge in [-0.1, -0.05) is 32.8 Å². The molecule has 10 nitrogen and oxygen atoms in total. The van der Waals surface area contributed by atoms with Crippen LogP contribution in [0.2, 0.25) is 0 Å². The number of hydrogen-bond donors (Lipinski definition) is 6. The number of carboxylic acid groups (broad SMARTS) is 1. The summed E-state index contributed by atoms with van der Waals surface area (Å²) in [4.78, 5) is 48.3. The van der Waals surface area contributed by atoms with Gasteiger partial charge in [-0.25, -0.2) is 0 Å². The van der Waals surface area contributed by atoms with E-state index in [1.54, 1.807) is 0 Å². The molecule has 1 saturated carbocycles. The molecule has 4 atom stereocenters. The maximum absolute atomic E-state index is 12.7. The molecule has 1 fully saturated rings. The molecule has 0 bridgehead atoms. The summed E-state index contributed by atoms with van der Waals surface area (Å²) >= 11 is 0. The van der Waals surface area contributed by atoms with E-state index in [0.717, 1.165) is 12.8 Å². The van der Waals surface area contributed by atoms with E-state index in [4.69, 9.17) is 5.73 Å². The lowest BCUT2D eigenvalue weighted by atomic mass is 9.79. The van der Waals surface area contributed by atoms with E-state index in [1.807, 2.05) is 13.8 Å². The molecule has 0 heterocycles. The van der Waals surface area contributed by atoms with Gasteiger partial charge in [0.25, 0.3) is 0 Å². The molecule has 3 amide bonds. The molecule has 2 rings (SSSR count). The van der Waals surface area contributed by atoms with Gasteiger partial charge in [0.05, 0.1) is 18.6 Å². The second kappa shape index (κ2) is 10.9. The van der Waals surface area contributed by atoms with Crippen LogP contribution >= 0.6 is 0 Å². The Morgan fingerprint density at radius 3 is 2.31 bits per heavy atom. The van der Waals surface area contributed by atoms with E-state index < -0.39 is 53.4 Å². The lowest BCUT2D eigenvalue weighted by Crippen LogP contribution is -2.52. The van der Waals surface area contributed by atoms with Gasteiger partial charge in [0.1, 0.15) is 12.1 Å². The molecule has 4 unspecified atom stereocenters. The average molecular weight is 454 g/mol. The van der Waals surface area contributed by atoms with E-state index in [9.17, 15) is 34.5 Å². The summed E-state index contributed by atoms with van der Waals surface area (Å²) in [6.45, 7) is 3.77. The first-order valence-electron chi connectivity index (χ1n) is 11.1. The number of rotatable bonds is 10. The summed E-state index contributed by atoms with van der Waals surface area (Å²) < 4.78 is 0. The molecule has 10 heteroatoms. The predicted octanol–water partition coefficient (Wildman–Crippen LogP) is -0.0355. The van der Waals surface area contributed by atoms with Crippen molar-refractivity contribution >= 4 is 23.7 Å². The third kappa shape index (κ3) is 7.03. The zero-order valence-corrected chi connectivity index (χ0v) is 18.7. The summed E-state index contributed by atoms with van der Waals surface area (Å²) in [6.07, 6.45) is 1.83. The first-order valence-corrected chi connectivity index (χ1v) is 11.1. The molecule has 0 aromatic heterocycles. The Labute approximate surface area is 187 Å². The average Bonchev–Trinajstić information content (AvgIpc) is 3.10. The lowest BCUT2D eigenvalue weighted by molar-refractivity contribution is -0.140. The molecular weight excluding hydrogens is 418 g/mol. The Kier molecular flexibility index (Phi) is 8.80. The van der Waals surface area contributed by atoms with E-state index in [0.29, 0.717) is 19.3 Å². The molecule has 0 aromatic carbocycles. The van der Waals surface area contributed by atoms with Crippen LogP contribution in [0.3, 0.4) is 0 Å². The topological polar surface area (TPSA) is 179 Å². The number of carboxylic acids is 1. The summed E-state index contributed by atoms with van der Waals surface area (Å²) in [5.74, 6) is -2.57. The summed E-state index contributed by atoms with van der Waals surface area (Å²) in [5, 5.41) is 35.0. The van der Waals surface area contributed by atoms with E-state index in [1.165, 1.54) is 6.08 Å². The zero-order chi connectivity index (χ0) is 24.1. The van der Waals surface area contributed by atoms with Crippen molar-refractivity contribution in [1.82, 2.24) is 10.6 Å². The Balaban J connectivity index is 2.10. The third-order valence-electron chi connectivity index (χ3n) is 6.27. The minimum atomic E-state index is -1.32. The van der Waals surface area contributed by atoms with Crippen LogP contribution in [0.4, 0.5) is 0 Å². The number of nitrogens with two attached hydrogens (primary N) is 1. The fourth-order valence-corrected chi connectivity index (χ4v) is 4.67. The maximum atomic E-state index is 12.7. The third-order valence-corrected chi connectivity index (χ3v) is 6.27. The van der Waals surface area contributed by atoms with Crippen molar-refractivity contribution < 1.29 is 34.5 Å². The van der Waals surface area contributed by atoms with Crippen molar-refractivity contribution in [3.05, 3.63) is 11.6 Å². The van der Waals surface area contributed by atoms with Gasteiger partial charge in [-0.2, -0.15) is 0 Å². The van der Waals surface area contributed by atoms with Crippen LogP contribution in [0.25, 0.3) is 0 Å². The summed E-state index contributed by atoms with van der Waals surface area (Å²) in [7, 11) is 0. The van der Waals surface area contributed by atoms with Crippen molar-refractivity contribution in [3.8, 4) is 0 Å². The summed E-state index contributed by atoms with van der Waals surface area (Å²) in [6, 6.07) is -1.90. The van der Waals surface area contributed by atoms with E-state index >= 15 is 0 Å². The predicted molar refractivity (Wildman–Crippen MR) is 115 cm³/mol. The normalized spacial score (nSPS) is 25.7. The lowest BCUT2D eigenvalue weighted by Gasteiger charge is -2.33. The highest BCUT2D eigenvalue weighted by atomic mass is 16.4. The van der Waals surface area contributed by atoms with Crippen LogP contribution in [0.5, 0.6) is 0 Å². The van der Waals surface area contributed by atoms with Crippen molar-refractivity contribution in [2.75, 3.05) is 0 Å². The van der Waals surface area contributed by atoms with Gasteiger partial charge in [-0.15, -0.1) is 0 Å². The first kappa shape index (κ1) is 25.8. The molecule has 0 radical (unpaired) electrons. The standard InChI is InChI=1S/C22H35N3O7/c1-12(2)7-15(20(23)31)25-21(32)13-8-14(19(30)16(26)9-13)24-17(27)10-22(11-18(28)29)5-3-4-6-22/h8,12,14-16,19,26,30H,3-7,9-11H2,1-2H3,(H2,23,31)(H,24,27)(H,25,32)(H,28,29).